The highest BCUT2D eigenvalue weighted by atomic mass is 127. The topological polar surface area (TPSA) is 75.1 Å². The van der Waals surface area contributed by atoms with Crippen molar-refractivity contribution in [2.24, 2.45) is 10.9 Å². The lowest BCUT2D eigenvalue weighted by Crippen LogP contribution is -2.39. The van der Waals surface area contributed by atoms with E-state index in [0.717, 1.165) is 13.0 Å². The summed E-state index contributed by atoms with van der Waals surface area (Å²) < 4.78 is 34.1. The number of nitrogens with zero attached hydrogens (tertiary/aromatic N) is 1. The lowest BCUT2D eigenvalue weighted by Gasteiger charge is -2.14. The molecule has 0 saturated heterocycles. The van der Waals surface area contributed by atoms with Gasteiger partial charge in [0.15, 0.2) is 5.96 Å². The van der Waals surface area contributed by atoms with E-state index in [1.54, 1.807) is 12.1 Å². The maximum absolute atomic E-state index is 12.2. The van der Waals surface area contributed by atoms with E-state index in [0.29, 0.717) is 37.1 Å². The molecule has 1 atom stereocenters. The van der Waals surface area contributed by atoms with Crippen LogP contribution < -0.4 is 15.4 Å². The summed E-state index contributed by atoms with van der Waals surface area (Å²) in [6, 6.07) is 5.88. The van der Waals surface area contributed by atoms with Gasteiger partial charge in [0.05, 0.1) is 19.3 Å². The molecule has 9 heteroatoms. The molecule has 0 saturated carbocycles. The summed E-state index contributed by atoms with van der Waals surface area (Å²) in [5.74, 6) is 1.26. The number of aliphatic imine (C=N–C) groups is 1. The highest BCUT2D eigenvalue weighted by molar-refractivity contribution is 14.0. The Morgan fingerprint density at radius 3 is 2.39 bits per heavy atom. The van der Waals surface area contributed by atoms with E-state index in [-0.39, 0.29) is 36.3 Å². The average molecular weight is 515 g/mol. The fourth-order valence-electron chi connectivity index (χ4n) is 2.16. The van der Waals surface area contributed by atoms with Crippen LogP contribution in [0.25, 0.3) is 0 Å². The Kier molecular flexibility index (Phi) is 15.0. The quantitative estimate of drug-likeness (QED) is 0.172. The van der Waals surface area contributed by atoms with E-state index in [2.05, 4.69) is 34.2 Å². The second kappa shape index (κ2) is 15.7. The van der Waals surface area contributed by atoms with Gasteiger partial charge in [-0.2, -0.15) is 8.78 Å². The number of hydrogen-bond acceptors (Lipinski definition) is 4. The van der Waals surface area contributed by atoms with Crippen molar-refractivity contribution in [3.05, 3.63) is 29.8 Å². The Hall–Kier alpha value is -1.20. The number of benzene rings is 1. The minimum absolute atomic E-state index is 0. The fraction of sp³-hybridized carbons (Fsp3) is 0.632. The molecule has 0 aliphatic rings. The van der Waals surface area contributed by atoms with Crippen molar-refractivity contribution in [2.75, 3.05) is 32.8 Å². The van der Waals surface area contributed by atoms with Crippen LogP contribution in [0.15, 0.2) is 29.3 Å². The van der Waals surface area contributed by atoms with Crippen LogP contribution in [0.5, 0.6) is 5.75 Å². The molecule has 3 N–H and O–H groups in total. The van der Waals surface area contributed by atoms with Crippen molar-refractivity contribution in [1.29, 1.82) is 0 Å². The number of nitrogens with one attached hydrogen (secondary N) is 2. The molecule has 0 aliphatic carbocycles. The van der Waals surface area contributed by atoms with Gasteiger partial charge in [-0.3, -0.25) is 4.99 Å². The van der Waals surface area contributed by atoms with Gasteiger partial charge in [0.1, 0.15) is 5.75 Å². The van der Waals surface area contributed by atoms with E-state index in [9.17, 15) is 13.9 Å². The molecular formula is C19H32F2IN3O3. The summed E-state index contributed by atoms with van der Waals surface area (Å²) >= 11 is 0. The summed E-state index contributed by atoms with van der Waals surface area (Å²) in [7, 11) is 0. The maximum atomic E-state index is 12.2. The van der Waals surface area contributed by atoms with Crippen molar-refractivity contribution in [2.45, 2.75) is 39.9 Å². The standard InChI is InChI=1S/C19H31F2N3O3.HI/c1-4-22-19(23-10-12-26-11-9-14(2)3)24-13-17(25)15-5-7-16(8-6-15)27-18(20)21;/h5-8,14,17-18,25H,4,9-13H2,1-3H3,(H2,22,23,24);1H. The molecule has 0 spiro atoms. The summed E-state index contributed by atoms with van der Waals surface area (Å²) in [5, 5.41) is 16.5. The van der Waals surface area contributed by atoms with Gasteiger partial charge < -0.3 is 25.2 Å². The third kappa shape index (κ3) is 12.3. The zero-order valence-electron chi connectivity index (χ0n) is 16.7. The van der Waals surface area contributed by atoms with E-state index in [4.69, 9.17) is 4.74 Å². The van der Waals surface area contributed by atoms with E-state index in [1.165, 1.54) is 12.1 Å². The Bertz CT molecular complexity index is 546. The first-order valence-electron chi connectivity index (χ1n) is 9.25. The number of guanidine groups is 1. The third-order valence-corrected chi connectivity index (χ3v) is 3.63. The van der Waals surface area contributed by atoms with Gasteiger partial charge in [-0.05, 0) is 37.0 Å². The van der Waals surface area contributed by atoms with Crippen LogP contribution in [0.4, 0.5) is 8.78 Å². The van der Waals surface area contributed by atoms with Crippen LogP contribution in [0.3, 0.4) is 0 Å². The van der Waals surface area contributed by atoms with Crippen molar-refractivity contribution >= 4 is 29.9 Å². The summed E-state index contributed by atoms with van der Waals surface area (Å²) in [4.78, 5) is 4.34. The van der Waals surface area contributed by atoms with Crippen LogP contribution in [-0.4, -0.2) is 50.5 Å². The maximum Gasteiger partial charge on any atom is 0.387 e. The Morgan fingerprint density at radius 2 is 1.82 bits per heavy atom. The predicted octanol–water partition coefficient (Wildman–Crippen LogP) is 3.56. The van der Waals surface area contributed by atoms with Crippen LogP contribution >= 0.6 is 24.0 Å². The van der Waals surface area contributed by atoms with Gasteiger partial charge >= 0.3 is 6.61 Å². The molecule has 0 fully saturated rings. The highest BCUT2D eigenvalue weighted by Crippen LogP contribution is 2.19. The van der Waals surface area contributed by atoms with Crippen molar-refractivity contribution in [3.63, 3.8) is 0 Å². The minimum atomic E-state index is -2.87. The fourth-order valence-corrected chi connectivity index (χ4v) is 2.16. The number of aliphatic hydroxyl groups is 1. The molecule has 0 bridgehead atoms. The molecular weight excluding hydrogens is 483 g/mol. The van der Waals surface area contributed by atoms with E-state index >= 15 is 0 Å². The number of ether oxygens (including phenoxy) is 2. The Balaban J connectivity index is 0.00000729. The van der Waals surface area contributed by atoms with Crippen LogP contribution in [0.2, 0.25) is 0 Å². The monoisotopic (exact) mass is 515 g/mol. The van der Waals surface area contributed by atoms with Gasteiger partial charge in [-0.25, -0.2) is 0 Å². The molecule has 0 heterocycles. The molecule has 0 amide bonds. The average Bonchev–Trinajstić information content (AvgIpc) is 2.62. The van der Waals surface area contributed by atoms with Crippen molar-refractivity contribution in [1.82, 2.24) is 10.6 Å². The molecule has 28 heavy (non-hydrogen) atoms. The predicted molar refractivity (Wildman–Crippen MR) is 118 cm³/mol. The van der Waals surface area contributed by atoms with Gasteiger partial charge in [-0.15, -0.1) is 24.0 Å². The molecule has 1 unspecified atom stereocenters. The second-order valence-electron chi connectivity index (χ2n) is 6.40. The zero-order valence-corrected chi connectivity index (χ0v) is 19.0. The zero-order chi connectivity index (χ0) is 20.1. The number of hydrogen-bond donors (Lipinski definition) is 3. The first-order valence-corrected chi connectivity index (χ1v) is 9.25. The lowest BCUT2D eigenvalue weighted by atomic mass is 10.1. The van der Waals surface area contributed by atoms with Gasteiger partial charge in [0.2, 0.25) is 0 Å². The summed E-state index contributed by atoms with van der Waals surface area (Å²) in [6.07, 6.45) is 0.185. The van der Waals surface area contributed by atoms with Gasteiger partial charge in [-0.1, -0.05) is 26.0 Å². The first-order chi connectivity index (χ1) is 12.9. The van der Waals surface area contributed by atoms with Crippen LogP contribution in [-0.2, 0) is 4.74 Å². The highest BCUT2D eigenvalue weighted by Gasteiger charge is 2.09. The van der Waals surface area contributed by atoms with Crippen LogP contribution in [0, 0.1) is 5.92 Å². The summed E-state index contributed by atoms with van der Waals surface area (Å²) in [5.41, 5.74) is 0.577. The lowest BCUT2D eigenvalue weighted by molar-refractivity contribution is -0.0498. The molecule has 6 nitrogen and oxygen atoms in total. The number of aliphatic hydroxyl groups excluding tert-OH is 1. The number of halogens is 3. The Morgan fingerprint density at radius 1 is 1.14 bits per heavy atom. The smallest absolute Gasteiger partial charge is 0.387 e. The molecule has 1 aromatic carbocycles. The van der Waals surface area contributed by atoms with Gasteiger partial charge in [0.25, 0.3) is 0 Å². The molecule has 0 aliphatic heterocycles. The molecule has 1 rings (SSSR count). The van der Waals surface area contributed by atoms with Gasteiger partial charge in [0, 0.05) is 19.7 Å². The molecule has 162 valence electrons. The molecule has 0 radical (unpaired) electrons. The molecule has 1 aromatic rings. The molecule has 0 aromatic heterocycles. The van der Waals surface area contributed by atoms with E-state index in [1.807, 2.05) is 6.92 Å². The minimum Gasteiger partial charge on any atom is -0.435 e. The largest absolute Gasteiger partial charge is 0.435 e. The van der Waals surface area contributed by atoms with Crippen molar-refractivity contribution < 1.29 is 23.4 Å². The summed E-state index contributed by atoms with van der Waals surface area (Å²) in [6.45, 7) is 6.14. The first kappa shape index (κ1) is 26.8. The normalized spacial score (nSPS) is 12.6. The van der Waals surface area contributed by atoms with Crippen LogP contribution in [0.1, 0.15) is 38.9 Å². The second-order valence-corrected chi connectivity index (χ2v) is 6.40. The number of rotatable bonds is 12. The van der Waals surface area contributed by atoms with Crippen molar-refractivity contribution in [3.8, 4) is 5.75 Å². The number of alkyl halides is 2. The third-order valence-electron chi connectivity index (χ3n) is 3.63. The SMILES string of the molecule is CCNC(=NCC(O)c1ccc(OC(F)F)cc1)NCCOCCC(C)C.I. The Labute approximate surface area is 183 Å². The van der Waals surface area contributed by atoms with E-state index < -0.39 is 12.7 Å².